The Labute approximate surface area is 111 Å². The van der Waals surface area contributed by atoms with Gasteiger partial charge >= 0.3 is 0 Å². The third-order valence-corrected chi connectivity index (χ3v) is 2.78. The van der Waals surface area contributed by atoms with Crippen LogP contribution in [0.25, 0.3) is 0 Å². The van der Waals surface area contributed by atoms with Crippen molar-refractivity contribution in [1.82, 2.24) is 14.9 Å². The average molecular weight is 260 g/mol. The van der Waals surface area contributed by atoms with Crippen molar-refractivity contribution in [3.63, 3.8) is 0 Å². The summed E-state index contributed by atoms with van der Waals surface area (Å²) in [6.45, 7) is 2.43. The van der Waals surface area contributed by atoms with Crippen LogP contribution in [-0.4, -0.2) is 21.0 Å². The smallest absolute Gasteiger partial charge is 0.269 e. The zero-order valence-electron chi connectivity index (χ0n) is 10.5. The topological polar surface area (TPSA) is 73.0 Å². The first kappa shape index (κ1) is 13.2. The van der Waals surface area contributed by atoms with Crippen LogP contribution in [0.4, 0.5) is 5.69 Å². The molecule has 100 valence electrons. The van der Waals surface area contributed by atoms with Crippen molar-refractivity contribution in [2.75, 3.05) is 6.54 Å². The molecule has 0 amide bonds. The van der Waals surface area contributed by atoms with E-state index in [0.717, 1.165) is 25.1 Å². The van der Waals surface area contributed by atoms with Crippen LogP contribution in [0.5, 0.6) is 0 Å². The maximum Gasteiger partial charge on any atom is 0.269 e. The van der Waals surface area contributed by atoms with Crippen LogP contribution < -0.4 is 5.32 Å². The molecule has 2 rings (SSSR count). The second-order valence-corrected chi connectivity index (χ2v) is 4.26. The molecule has 0 atom stereocenters. The van der Waals surface area contributed by atoms with E-state index in [-0.39, 0.29) is 10.6 Å². The van der Waals surface area contributed by atoms with Crippen molar-refractivity contribution >= 4 is 5.69 Å². The number of nitro benzene ring substituents is 1. The van der Waals surface area contributed by atoms with Gasteiger partial charge in [0.05, 0.1) is 11.3 Å². The first-order chi connectivity index (χ1) is 9.25. The quantitative estimate of drug-likeness (QED) is 0.469. The van der Waals surface area contributed by atoms with Gasteiger partial charge in [-0.3, -0.25) is 10.1 Å². The van der Waals surface area contributed by atoms with Crippen LogP contribution in [0.3, 0.4) is 0 Å². The number of benzene rings is 1. The third-order valence-electron chi connectivity index (χ3n) is 2.78. The van der Waals surface area contributed by atoms with E-state index in [1.165, 1.54) is 6.07 Å². The summed E-state index contributed by atoms with van der Waals surface area (Å²) in [7, 11) is 0. The maximum absolute atomic E-state index is 10.6. The molecule has 0 saturated heterocycles. The normalized spacial score (nSPS) is 10.5. The number of non-ortho nitro benzene ring substituents is 1. The molecule has 0 radical (unpaired) electrons. The van der Waals surface area contributed by atoms with Crippen molar-refractivity contribution in [2.45, 2.75) is 19.5 Å². The van der Waals surface area contributed by atoms with Gasteiger partial charge in [0.2, 0.25) is 0 Å². The lowest BCUT2D eigenvalue weighted by Crippen LogP contribution is -2.16. The molecule has 1 N–H and O–H groups in total. The van der Waals surface area contributed by atoms with Gasteiger partial charge in [0.25, 0.3) is 5.69 Å². The Balaban J connectivity index is 1.70. The molecule has 0 bridgehead atoms. The lowest BCUT2D eigenvalue weighted by Gasteiger charge is -2.05. The molecule has 19 heavy (non-hydrogen) atoms. The summed E-state index contributed by atoms with van der Waals surface area (Å²) in [5, 5.41) is 13.9. The summed E-state index contributed by atoms with van der Waals surface area (Å²) in [6.07, 6.45) is 6.48. The lowest BCUT2D eigenvalue weighted by molar-refractivity contribution is -0.384. The van der Waals surface area contributed by atoms with E-state index in [1.807, 2.05) is 16.8 Å². The molecule has 0 spiro atoms. The zero-order valence-corrected chi connectivity index (χ0v) is 10.5. The Morgan fingerprint density at radius 2 is 2.32 bits per heavy atom. The van der Waals surface area contributed by atoms with Gasteiger partial charge in [-0.25, -0.2) is 4.98 Å². The van der Waals surface area contributed by atoms with Gasteiger partial charge in [-0.2, -0.15) is 0 Å². The summed E-state index contributed by atoms with van der Waals surface area (Å²) in [5.74, 6) is 0. The summed E-state index contributed by atoms with van der Waals surface area (Å²) in [6, 6.07) is 6.70. The molecule has 0 aliphatic heterocycles. The van der Waals surface area contributed by atoms with Gasteiger partial charge in [-0.15, -0.1) is 0 Å². The number of hydrogen-bond donors (Lipinski definition) is 1. The van der Waals surface area contributed by atoms with E-state index in [0.29, 0.717) is 6.54 Å². The van der Waals surface area contributed by atoms with Crippen LogP contribution >= 0.6 is 0 Å². The molecule has 6 heteroatoms. The highest BCUT2D eigenvalue weighted by Crippen LogP contribution is 2.12. The van der Waals surface area contributed by atoms with Crippen molar-refractivity contribution in [2.24, 2.45) is 0 Å². The number of aromatic nitrogens is 2. The molecule has 0 aliphatic carbocycles. The molecule has 6 nitrogen and oxygen atoms in total. The van der Waals surface area contributed by atoms with Crippen molar-refractivity contribution < 1.29 is 4.92 Å². The minimum Gasteiger partial charge on any atom is -0.337 e. The number of imidazole rings is 1. The summed E-state index contributed by atoms with van der Waals surface area (Å²) < 4.78 is 2.02. The van der Waals surface area contributed by atoms with Crippen LogP contribution in [0.2, 0.25) is 0 Å². The molecule has 1 aromatic heterocycles. The van der Waals surface area contributed by atoms with Gasteiger partial charge in [-0.05, 0) is 18.5 Å². The monoisotopic (exact) mass is 260 g/mol. The number of hydrogen-bond acceptors (Lipinski definition) is 4. The van der Waals surface area contributed by atoms with Gasteiger partial charge in [-0.1, -0.05) is 12.1 Å². The number of nitrogens with one attached hydrogen (secondary N) is 1. The standard InChI is InChI=1S/C13H16N4O2/c18-17(19)13-4-1-3-12(9-13)10-14-5-2-7-16-8-6-15-11-16/h1,3-4,6,8-9,11,14H,2,5,7,10H2. The Bertz CT molecular complexity index is 525. The fourth-order valence-corrected chi connectivity index (χ4v) is 1.82. The van der Waals surface area contributed by atoms with E-state index in [1.54, 1.807) is 24.7 Å². The Morgan fingerprint density at radius 3 is 3.05 bits per heavy atom. The van der Waals surface area contributed by atoms with E-state index < -0.39 is 0 Å². The fourth-order valence-electron chi connectivity index (χ4n) is 1.82. The summed E-state index contributed by atoms with van der Waals surface area (Å²) in [5.41, 5.74) is 1.06. The Morgan fingerprint density at radius 1 is 1.42 bits per heavy atom. The van der Waals surface area contributed by atoms with Crippen LogP contribution in [-0.2, 0) is 13.1 Å². The second-order valence-electron chi connectivity index (χ2n) is 4.26. The molecule has 2 aromatic rings. The van der Waals surface area contributed by atoms with E-state index >= 15 is 0 Å². The zero-order chi connectivity index (χ0) is 13.5. The highest BCUT2D eigenvalue weighted by molar-refractivity contribution is 5.34. The predicted octanol–water partition coefficient (Wildman–Crippen LogP) is 1.97. The minimum atomic E-state index is -0.372. The van der Waals surface area contributed by atoms with Crippen molar-refractivity contribution in [1.29, 1.82) is 0 Å². The number of rotatable bonds is 7. The van der Waals surface area contributed by atoms with Crippen LogP contribution in [0.1, 0.15) is 12.0 Å². The van der Waals surface area contributed by atoms with Crippen LogP contribution in [0.15, 0.2) is 43.0 Å². The van der Waals surface area contributed by atoms with E-state index in [4.69, 9.17) is 0 Å². The summed E-state index contributed by atoms with van der Waals surface area (Å²) in [4.78, 5) is 14.2. The fraction of sp³-hybridized carbons (Fsp3) is 0.308. The molecule has 0 unspecified atom stereocenters. The minimum absolute atomic E-state index is 0.137. The van der Waals surface area contributed by atoms with Gasteiger partial charge in [0.15, 0.2) is 0 Å². The maximum atomic E-state index is 10.6. The number of nitrogens with zero attached hydrogens (tertiary/aromatic N) is 3. The largest absolute Gasteiger partial charge is 0.337 e. The Kier molecular flexibility index (Phi) is 4.63. The lowest BCUT2D eigenvalue weighted by atomic mass is 10.2. The van der Waals surface area contributed by atoms with Crippen molar-refractivity contribution in [3.8, 4) is 0 Å². The van der Waals surface area contributed by atoms with Gasteiger partial charge in [0, 0.05) is 37.6 Å². The van der Waals surface area contributed by atoms with E-state index in [2.05, 4.69) is 10.3 Å². The van der Waals surface area contributed by atoms with Crippen molar-refractivity contribution in [3.05, 3.63) is 58.7 Å². The van der Waals surface area contributed by atoms with E-state index in [9.17, 15) is 10.1 Å². The average Bonchev–Trinajstić information content (AvgIpc) is 2.92. The number of aryl methyl sites for hydroxylation is 1. The first-order valence-corrected chi connectivity index (χ1v) is 6.15. The predicted molar refractivity (Wildman–Crippen MR) is 71.6 cm³/mol. The molecular formula is C13H16N4O2. The van der Waals surface area contributed by atoms with Gasteiger partial charge in [0.1, 0.15) is 0 Å². The highest BCUT2D eigenvalue weighted by atomic mass is 16.6. The molecular weight excluding hydrogens is 244 g/mol. The molecule has 0 aliphatic rings. The molecule has 1 aromatic carbocycles. The Hall–Kier alpha value is -2.21. The number of nitro groups is 1. The third kappa shape index (κ3) is 4.18. The highest BCUT2D eigenvalue weighted by Gasteiger charge is 2.04. The summed E-state index contributed by atoms with van der Waals surface area (Å²) >= 11 is 0. The molecule has 0 saturated carbocycles. The molecule has 0 fully saturated rings. The molecule has 1 heterocycles. The first-order valence-electron chi connectivity index (χ1n) is 6.15. The van der Waals surface area contributed by atoms with Crippen LogP contribution in [0, 0.1) is 10.1 Å². The SMILES string of the molecule is O=[N+]([O-])c1cccc(CNCCCn2ccnc2)c1. The second kappa shape index (κ2) is 6.65. The van der Waals surface area contributed by atoms with Gasteiger partial charge < -0.3 is 9.88 Å².